The fourth-order valence-electron chi connectivity index (χ4n) is 2.14. The maximum Gasteiger partial charge on any atom is 0.340 e. The van der Waals surface area contributed by atoms with Crippen LogP contribution in [-0.2, 0) is 0 Å². The van der Waals surface area contributed by atoms with Crippen LogP contribution in [0, 0.1) is 5.82 Å². The SMILES string of the molecule is O=C(O)c1c(-c2ccc(F)cc2)oc2cc(O)c(O)cc12. The van der Waals surface area contributed by atoms with Gasteiger partial charge in [0.05, 0.1) is 0 Å². The van der Waals surface area contributed by atoms with Crippen LogP contribution in [0.15, 0.2) is 40.8 Å². The fourth-order valence-corrected chi connectivity index (χ4v) is 2.14. The molecule has 0 bridgehead atoms. The first-order valence-electron chi connectivity index (χ1n) is 5.95. The van der Waals surface area contributed by atoms with Crippen molar-refractivity contribution >= 4 is 16.9 Å². The number of hydrogen-bond acceptors (Lipinski definition) is 4. The summed E-state index contributed by atoms with van der Waals surface area (Å²) in [6.45, 7) is 0. The summed E-state index contributed by atoms with van der Waals surface area (Å²) in [5, 5.41) is 28.5. The lowest BCUT2D eigenvalue weighted by molar-refractivity contribution is 0.0699. The van der Waals surface area contributed by atoms with E-state index in [1.54, 1.807) is 0 Å². The highest BCUT2D eigenvalue weighted by molar-refractivity contribution is 6.08. The Morgan fingerprint density at radius 2 is 1.67 bits per heavy atom. The van der Waals surface area contributed by atoms with Gasteiger partial charge in [-0.05, 0) is 30.3 Å². The minimum Gasteiger partial charge on any atom is -0.504 e. The third-order valence-corrected chi connectivity index (χ3v) is 3.11. The van der Waals surface area contributed by atoms with Crippen molar-refractivity contribution in [1.82, 2.24) is 0 Å². The number of carboxylic acids is 1. The molecular formula is C15H9FO5. The fraction of sp³-hybridized carbons (Fsp3) is 0. The van der Waals surface area contributed by atoms with E-state index in [4.69, 9.17) is 4.42 Å². The largest absolute Gasteiger partial charge is 0.504 e. The van der Waals surface area contributed by atoms with Crippen LogP contribution < -0.4 is 0 Å². The molecule has 106 valence electrons. The number of furan rings is 1. The highest BCUT2D eigenvalue weighted by atomic mass is 19.1. The monoisotopic (exact) mass is 288 g/mol. The number of fused-ring (bicyclic) bond motifs is 1. The maximum absolute atomic E-state index is 13.0. The van der Waals surface area contributed by atoms with E-state index in [-0.39, 0.29) is 22.3 Å². The molecule has 2 aromatic carbocycles. The van der Waals surface area contributed by atoms with E-state index in [0.29, 0.717) is 5.56 Å². The third-order valence-electron chi connectivity index (χ3n) is 3.11. The molecule has 0 aliphatic carbocycles. The second-order valence-corrected chi connectivity index (χ2v) is 4.46. The summed E-state index contributed by atoms with van der Waals surface area (Å²) in [7, 11) is 0. The highest BCUT2D eigenvalue weighted by Crippen LogP contribution is 2.38. The molecule has 0 aliphatic heterocycles. The summed E-state index contributed by atoms with van der Waals surface area (Å²) in [4.78, 5) is 11.5. The Morgan fingerprint density at radius 3 is 2.29 bits per heavy atom. The van der Waals surface area contributed by atoms with Crippen molar-refractivity contribution in [3.05, 3.63) is 47.8 Å². The first kappa shape index (κ1) is 13.0. The Bertz CT molecular complexity index is 849. The van der Waals surface area contributed by atoms with E-state index >= 15 is 0 Å². The normalized spacial score (nSPS) is 10.9. The van der Waals surface area contributed by atoms with Crippen LogP contribution in [0.25, 0.3) is 22.3 Å². The zero-order chi connectivity index (χ0) is 15.1. The molecule has 0 fully saturated rings. The molecule has 21 heavy (non-hydrogen) atoms. The Hall–Kier alpha value is -3.02. The summed E-state index contributed by atoms with van der Waals surface area (Å²) in [5.41, 5.74) is 0.331. The van der Waals surface area contributed by atoms with Crippen molar-refractivity contribution in [3.63, 3.8) is 0 Å². The minimum atomic E-state index is -1.25. The predicted molar refractivity (Wildman–Crippen MR) is 71.9 cm³/mol. The second-order valence-electron chi connectivity index (χ2n) is 4.46. The molecule has 0 amide bonds. The molecule has 0 atom stereocenters. The number of carbonyl (C=O) groups is 1. The van der Waals surface area contributed by atoms with E-state index in [1.807, 2.05) is 0 Å². The highest BCUT2D eigenvalue weighted by Gasteiger charge is 2.23. The summed E-state index contributed by atoms with van der Waals surface area (Å²) in [5.74, 6) is -2.54. The van der Waals surface area contributed by atoms with Gasteiger partial charge in [-0.25, -0.2) is 9.18 Å². The Labute approximate surface area is 117 Å². The van der Waals surface area contributed by atoms with Gasteiger partial charge >= 0.3 is 5.97 Å². The van der Waals surface area contributed by atoms with Gasteiger partial charge in [0, 0.05) is 17.0 Å². The topological polar surface area (TPSA) is 90.9 Å². The van der Waals surface area contributed by atoms with E-state index < -0.39 is 23.3 Å². The van der Waals surface area contributed by atoms with Gasteiger partial charge in [0.1, 0.15) is 22.7 Å². The molecule has 0 spiro atoms. The molecule has 0 unspecified atom stereocenters. The molecular weight excluding hydrogens is 279 g/mol. The molecule has 3 rings (SSSR count). The van der Waals surface area contributed by atoms with E-state index in [9.17, 15) is 24.5 Å². The number of phenols is 2. The van der Waals surface area contributed by atoms with Crippen LogP contribution in [0.4, 0.5) is 4.39 Å². The van der Waals surface area contributed by atoms with Gasteiger partial charge in [0.2, 0.25) is 0 Å². The Kier molecular flexibility index (Phi) is 2.79. The van der Waals surface area contributed by atoms with E-state index in [1.165, 1.54) is 24.3 Å². The van der Waals surface area contributed by atoms with Gasteiger partial charge in [-0.15, -0.1) is 0 Å². The van der Waals surface area contributed by atoms with Crippen molar-refractivity contribution in [2.45, 2.75) is 0 Å². The number of hydrogen-bond donors (Lipinski definition) is 3. The van der Waals surface area contributed by atoms with Crippen molar-refractivity contribution in [1.29, 1.82) is 0 Å². The van der Waals surface area contributed by atoms with Crippen molar-refractivity contribution < 1.29 is 28.9 Å². The molecule has 6 heteroatoms. The summed E-state index contributed by atoms with van der Waals surface area (Å²) < 4.78 is 18.4. The lowest BCUT2D eigenvalue weighted by Gasteiger charge is -1.99. The molecule has 5 nitrogen and oxygen atoms in total. The van der Waals surface area contributed by atoms with Crippen LogP contribution in [0.2, 0.25) is 0 Å². The number of phenolic OH excluding ortho intramolecular Hbond substituents is 2. The predicted octanol–water partition coefficient (Wildman–Crippen LogP) is 3.35. The smallest absolute Gasteiger partial charge is 0.340 e. The number of aromatic carboxylic acids is 1. The molecule has 1 aromatic heterocycles. The van der Waals surface area contributed by atoms with Gasteiger partial charge in [0.25, 0.3) is 0 Å². The Balaban J connectivity index is 2.34. The Morgan fingerprint density at radius 1 is 1.05 bits per heavy atom. The van der Waals surface area contributed by atoms with Crippen LogP contribution in [-0.4, -0.2) is 21.3 Å². The van der Waals surface area contributed by atoms with Gasteiger partial charge in [0.15, 0.2) is 11.5 Å². The van der Waals surface area contributed by atoms with Gasteiger partial charge in [-0.3, -0.25) is 0 Å². The molecule has 3 N–H and O–H groups in total. The van der Waals surface area contributed by atoms with Crippen LogP contribution in [0.1, 0.15) is 10.4 Å². The zero-order valence-electron chi connectivity index (χ0n) is 10.5. The minimum absolute atomic E-state index is 0.0301. The molecule has 1 heterocycles. The lowest BCUT2D eigenvalue weighted by atomic mass is 10.1. The average Bonchev–Trinajstić information content (AvgIpc) is 2.78. The van der Waals surface area contributed by atoms with Crippen molar-refractivity contribution in [3.8, 4) is 22.8 Å². The van der Waals surface area contributed by atoms with E-state index in [0.717, 1.165) is 12.1 Å². The van der Waals surface area contributed by atoms with Crippen LogP contribution >= 0.6 is 0 Å². The number of aromatic hydroxyl groups is 2. The number of benzene rings is 2. The quantitative estimate of drug-likeness (QED) is 0.629. The molecule has 0 radical (unpaired) electrons. The first-order chi connectivity index (χ1) is 9.97. The maximum atomic E-state index is 13.0. The molecule has 0 saturated heterocycles. The lowest BCUT2D eigenvalue weighted by Crippen LogP contribution is -1.97. The van der Waals surface area contributed by atoms with Crippen LogP contribution in [0.3, 0.4) is 0 Å². The average molecular weight is 288 g/mol. The number of carboxylic acid groups (broad SMARTS) is 1. The van der Waals surface area contributed by atoms with Crippen molar-refractivity contribution in [2.75, 3.05) is 0 Å². The summed E-state index contributed by atoms with van der Waals surface area (Å²) in [6, 6.07) is 7.39. The van der Waals surface area contributed by atoms with Gasteiger partial charge in [-0.2, -0.15) is 0 Å². The van der Waals surface area contributed by atoms with Crippen LogP contribution in [0.5, 0.6) is 11.5 Å². The summed E-state index contributed by atoms with van der Waals surface area (Å²) in [6.07, 6.45) is 0. The summed E-state index contributed by atoms with van der Waals surface area (Å²) >= 11 is 0. The van der Waals surface area contributed by atoms with Gasteiger partial charge in [-0.1, -0.05) is 0 Å². The first-order valence-corrected chi connectivity index (χ1v) is 5.95. The van der Waals surface area contributed by atoms with E-state index in [2.05, 4.69) is 0 Å². The molecule has 0 saturated carbocycles. The third kappa shape index (κ3) is 2.06. The standard InChI is InChI=1S/C15H9FO5/c16-8-3-1-7(2-4-8)14-13(15(19)20)9-5-10(17)11(18)6-12(9)21-14/h1-6,17-18H,(H,19,20). The van der Waals surface area contributed by atoms with Gasteiger partial charge < -0.3 is 19.7 Å². The molecule has 3 aromatic rings. The van der Waals surface area contributed by atoms with Crippen molar-refractivity contribution in [2.24, 2.45) is 0 Å². The number of rotatable bonds is 2. The zero-order valence-corrected chi connectivity index (χ0v) is 10.5. The second kappa shape index (κ2) is 4.52. The number of halogens is 1. The molecule has 0 aliphatic rings.